The first-order valence-corrected chi connectivity index (χ1v) is 14.8. The topological polar surface area (TPSA) is 88.1 Å². The molecule has 40 heavy (non-hydrogen) atoms. The smallest absolute Gasteiger partial charge is 0.303 e. The third-order valence-electron chi connectivity index (χ3n) is 7.95. The molecule has 1 amide bonds. The van der Waals surface area contributed by atoms with E-state index in [1.807, 2.05) is 30.4 Å². The summed E-state index contributed by atoms with van der Waals surface area (Å²) in [6.07, 6.45) is 11.7. The molecule has 1 saturated heterocycles. The van der Waals surface area contributed by atoms with E-state index in [0.29, 0.717) is 32.2 Å². The molecule has 2 aromatic rings. The Morgan fingerprint density at radius 1 is 0.975 bits per heavy atom. The molecule has 7 heteroatoms. The highest BCUT2D eigenvalue weighted by molar-refractivity contribution is 5.74. The van der Waals surface area contributed by atoms with Crippen LogP contribution in [0.5, 0.6) is 0 Å². The maximum Gasteiger partial charge on any atom is 0.303 e. The summed E-state index contributed by atoms with van der Waals surface area (Å²) in [7, 11) is 0. The Hall–Kier alpha value is -3.00. The van der Waals surface area contributed by atoms with Crippen LogP contribution in [-0.2, 0) is 32.2 Å². The SMILES string of the molecule is CC(=O)NCc1ccccc1-c1ccc(COC2CC[C@H](N3CCCCCC3)[C@H]2OC/C=C\CCC(=O)O)cc1. The molecule has 1 aliphatic carbocycles. The zero-order valence-corrected chi connectivity index (χ0v) is 23.7. The third kappa shape index (κ3) is 9.01. The Morgan fingerprint density at radius 3 is 2.45 bits per heavy atom. The molecule has 216 valence electrons. The molecule has 2 N–H and O–H groups in total. The molecule has 1 saturated carbocycles. The molecular weight excluding hydrogens is 504 g/mol. The fourth-order valence-corrected chi connectivity index (χ4v) is 5.84. The minimum absolute atomic E-state index is 0.00199. The molecule has 0 bridgehead atoms. The summed E-state index contributed by atoms with van der Waals surface area (Å²) >= 11 is 0. The van der Waals surface area contributed by atoms with Crippen molar-refractivity contribution >= 4 is 11.9 Å². The van der Waals surface area contributed by atoms with E-state index in [9.17, 15) is 9.59 Å². The van der Waals surface area contributed by atoms with Crippen LogP contribution in [0.4, 0.5) is 0 Å². The summed E-state index contributed by atoms with van der Waals surface area (Å²) in [6.45, 7) is 5.28. The van der Waals surface area contributed by atoms with Crippen LogP contribution in [0.15, 0.2) is 60.7 Å². The van der Waals surface area contributed by atoms with Crippen molar-refractivity contribution in [1.82, 2.24) is 10.2 Å². The van der Waals surface area contributed by atoms with Gasteiger partial charge in [0.2, 0.25) is 5.91 Å². The second-order valence-electron chi connectivity index (χ2n) is 10.9. The molecule has 0 spiro atoms. The quantitative estimate of drug-likeness (QED) is 0.311. The van der Waals surface area contributed by atoms with Crippen LogP contribution in [0, 0.1) is 0 Å². The molecule has 0 radical (unpaired) electrons. The number of hydrogen-bond acceptors (Lipinski definition) is 5. The second kappa shape index (κ2) is 15.7. The van der Waals surface area contributed by atoms with Gasteiger partial charge >= 0.3 is 5.97 Å². The minimum Gasteiger partial charge on any atom is -0.481 e. The summed E-state index contributed by atoms with van der Waals surface area (Å²) in [4.78, 5) is 24.8. The molecule has 1 aliphatic heterocycles. The van der Waals surface area contributed by atoms with Crippen LogP contribution < -0.4 is 5.32 Å². The van der Waals surface area contributed by atoms with E-state index in [0.717, 1.165) is 48.2 Å². The summed E-state index contributed by atoms with van der Waals surface area (Å²) in [5.41, 5.74) is 4.44. The Kier molecular flexibility index (Phi) is 11.8. The molecule has 0 aromatic heterocycles. The van der Waals surface area contributed by atoms with Crippen molar-refractivity contribution in [3.05, 3.63) is 71.8 Å². The minimum atomic E-state index is -0.779. The fourth-order valence-electron chi connectivity index (χ4n) is 5.84. The van der Waals surface area contributed by atoms with Gasteiger partial charge in [0.05, 0.1) is 25.4 Å². The maximum absolute atomic E-state index is 11.4. The van der Waals surface area contributed by atoms with Crippen molar-refractivity contribution < 1.29 is 24.2 Å². The summed E-state index contributed by atoms with van der Waals surface area (Å²) in [6, 6.07) is 17.0. The molecule has 1 unspecified atom stereocenters. The van der Waals surface area contributed by atoms with Crippen LogP contribution >= 0.6 is 0 Å². The number of hydrogen-bond donors (Lipinski definition) is 2. The first kappa shape index (κ1) is 30.0. The van der Waals surface area contributed by atoms with Crippen LogP contribution in [0.2, 0.25) is 0 Å². The van der Waals surface area contributed by atoms with E-state index in [1.54, 1.807) is 0 Å². The normalized spacial score (nSPS) is 21.9. The molecule has 2 fully saturated rings. The standard InChI is InChI=1S/C33H44N2O5/c1-25(36)34-23-28-11-6-7-12-29(28)27-16-14-26(15-17-27)24-40-31-19-18-30(35-20-8-2-3-9-21-35)33(31)39-22-10-4-5-13-32(37)38/h4,6-7,10-12,14-17,30-31,33H,2-3,5,8-9,13,18-24H2,1H3,(H,34,36)(H,37,38)/b10-4-/t30-,31?,33+/m0/s1. The summed E-state index contributed by atoms with van der Waals surface area (Å²) in [5, 5.41) is 11.8. The molecular formula is C33H44N2O5. The van der Waals surface area contributed by atoms with Gasteiger partial charge < -0.3 is 19.9 Å². The van der Waals surface area contributed by atoms with E-state index in [1.165, 1.54) is 32.6 Å². The Balaban J connectivity index is 1.37. The number of benzene rings is 2. The maximum atomic E-state index is 11.4. The predicted molar refractivity (Wildman–Crippen MR) is 157 cm³/mol. The van der Waals surface area contributed by atoms with Crippen molar-refractivity contribution in [2.24, 2.45) is 0 Å². The van der Waals surface area contributed by atoms with Crippen molar-refractivity contribution in [3.63, 3.8) is 0 Å². The van der Waals surface area contributed by atoms with Gasteiger partial charge in [0, 0.05) is 25.9 Å². The number of rotatable bonds is 13. The van der Waals surface area contributed by atoms with Crippen LogP contribution in [0.3, 0.4) is 0 Å². The number of likely N-dealkylation sites (tertiary alicyclic amines) is 1. The van der Waals surface area contributed by atoms with E-state index in [4.69, 9.17) is 14.6 Å². The Morgan fingerprint density at radius 2 is 1.73 bits per heavy atom. The van der Waals surface area contributed by atoms with Crippen LogP contribution in [0.1, 0.15) is 69.4 Å². The first-order valence-electron chi connectivity index (χ1n) is 14.8. The van der Waals surface area contributed by atoms with Crippen molar-refractivity contribution in [3.8, 4) is 11.1 Å². The van der Waals surface area contributed by atoms with Crippen LogP contribution in [-0.4, -0.2) is 59.8 Å². The number of aliphatic carboxylic acids is 1. The zero-order chi connectivity index (χ0) is 28.2. The number of nitrogens with zero attached hydrogens (tertiary/aromatic N) is 1. The van der Waals surface area contributed by atoms with Crippen molar-refractivity contribution in [1.29, 1.82) is 0 Å². The molecule has 4 rings (SSSR count). The number of ether oxygens (including phenoxy) is 2. The summed E-state index contributed by atoms with van der Waals surface area (Å²) in [5.74, 6) is -0.818. The highest BCUT2D eigenvalue weighted by atomic mass is 16.5. The average molecular weight is 549 g/mol. The lowest BCUT2D eigenvalue weighted by Gasteiger charge is -2.33. The predicted octanol–water partition coefficient (Wildman–Crippen LogP) is 5.72. The molecule has 7 nitrogen and oxygen atoms in total. The highest BCUT2D eigenvalue weighted by Gasteiger charge is 2.40. The Labute approximate surface area is 238 Å². The first-order chi connectivity index (χ1) is 19.5. The second-order valence-corrected chi connectivity index (χ2v) is 10.9. The van der Waals surface area contributed by atoms with Crippen LogP contribution in [0.25, 0.3) is 11.1 Å². The van der Waals surface area contributed by atoms with Crippen molar-refractivity contribution in [2.75, 3.05) is 19.7 Å². The highest BCUT2D eigenvalue weighted by Crippen LogP contribution is 2.32. The van der Waals surface area contributed by atoms with Crippen molar-refractivity contribution in [2.45, 2.75) is 89.7 Å². The number of nitrogens with one attached hydrogen (secondary N) is 1. The van der Waals surface area contributed by atoms with E-state index in [-0.39, 0.29) is 24.5 Å². The monoisotopic (exact) mass is 548 g/mol. The number of amides is 1. The lowest BCUT2D eigenvalue weighted by atomic mass is 9.98. The van der Waals surface area contributed by atoms with Gasteiger partial charge in [-0.1, -0.05) is 73.5 Å². The van der Waals surface area contributed by atoms with Gasteiger partial charge in [0.1, 0.15) is 0 Å². The average Bonchev–Trinajstić information content (AvgIpc) is 3.15. The number of carboxylic acids is 1. The largest absolute Gasteiger partial charge is 0.481 e. The molecule has 1 heterocycles. The number of allylic oxidation sites excluding steroid dienone is 1. The van der Waals surface area contributed by atoms with Gasteiger partial charge in [-0.25, -0.2) is 0 Å². The number of carboxylic acid groups (broad SMARTS) is 1. The van der Waals surface area contributed by atoms with E-state index in [2.05, 4.69) is 40.5 Å². The molecule has 3 atom stereocenters. The Bertz CT molecular complexity index is 1110. The van der Waals surface area contributed by atoms with Gasteiger partial charge in [-0.3, -0.25) is 14.5 Å². The summed E-state index contributed by atoms with van der Waals surface area (Å²) < 4.78 is 12.9. The van der Waals surface area contributed by atoms with Gasteiger partial charge in [0.25, 0.3) is 0 Å². The van der Waals surface area contributed by atoms with Gasteiger partial charge in [-0.05, 0) is 67.4 Å². The van der Waals surface area contributed by atoms with Gasteiger partial charge in [-0.2, -0.15) is 0 Å². The zero-order valence-electron chi connectivity index (χ0n) is 23.7. The molecule has 2 aromatic carbocycles. The third-order valence-corrected chi connectivity index (χ3v) is 7.95. The lowest BCUT2D eigenvalue weighted by Crippen LogP contribution is -2.45. The number of carbonyl (C=O) groups excluding carboxylic acids is 1. The van der Waals surface area contributed by atoms with Gasteiger partial charge in [-0.15, -0.1) is 0 Å². The van der Waals surface area contributed by atoms with Gasteiger partial charge in [0.15, 0.2) is 0 Å². The van der Waals surface area contributed by atoms with E-state index < -0.39 is 5.97 Å². The van der Waals surface area contributed by atoms with E-state index >= 15 is 0 Å². The number of carbonyl (C=O) groups is 2. The molecule has 2 aliphatic rings. The lowest BCUT2D eigenvalue weighted by molar-refractivity contribution is -0.136. The fraction of sp³-hybridized carbons (Fsp3) is 0.515.